The summed E-state index contributed by atoms with van der Waals surface area (Å²) in [5.41, 5.74) is -0.443. The fourth-order valence-corrected chi connectivity index (χ4v) is 6.55. The molecule has 0 amide bonds. The van der Waals surface area contributed by atoms with E-state index in [9.17, 15) is 23.1 Å². The van der Waals surface area contributed by atoms with Crippen LogP contribution in [-0.4, -0.2) is 20.4 Å². The lowest BCUT2D eigenvalue weighted by molar-refractivity contribution is -0.704. The number of hydrogen-bond donors (Lipinski definition) is 1. The molecule has 0 saturated carbocycles. The van der Waals surface area contributed by atoms with Gasteiger partial charge in [-0.2, -0.15) is 17.7 Å². The van der Waals surface area contributed by atoms with Crippen molar-refractivity contribution in [1.82, 2.24) is 9.55 Å². The fourth-order valence-electron chi connectivity index (χ4n) is 4.13. The molecule has 174 valence electrons. The molecule has 0 aliphatic carbocycles. The van der Waals surface area contributed by atoms with Crippen LogP contribution >= 0.6 is 34.7 Å². The lowest BCUT2D eigenvalue weighted by atomic mass is 9.97. The topological polar surface area (TPSA) is 59.0 Å². The van der Waals surface area contributed by atoms with Gasteiger partial charge in [-0.05, 0) is 41.6 Å². The largest absolute Gasteiger partial charge is 0.507 e. The molecule has 0 unspecified atom stereocenters. The molecule has 0 saturated heterocycles. The van der Waals surface area contributed by atoms with Crippen LogP contribution in [0.25, 0.3) is 22.4 Å². The highest BCUT2D eigenvalue weighted by atomic mass is 35.5. The summed E-state index contributed by atoms with van der Waals surface area (Å²) >= 11 is 8.72. The summed E-state index contributed by atoms with van der Waals surface area (Å²) in [7, 11) is 1.74. The predicted molar refractivity (Wildman–Crippen MR) is 125 cm³/mol. The van der Waals surface area contributed by atoms with E-state index in [4.69, 9.17) is 11.6 Å². The number of halogens is 4. The molecule has 0 bridgehead atoms. The zero-order chi connectivity index (χ0) is 24.2. The predicted octanol–water partition coefficient (Wildman–Crippen LogP) is 5.54. The van der Waals surface area contributed by atoms with Crippen molar-refractivity contribution in [2.75, 3.05) is 5.75 Å². The zero-order valence-electron chi connectivity index (χ0n) is 17.5. The maximum absolute atomic E-state index is 14.0. The van der Waals surface area contributed by atoms with Crippen LogP contribution in [-0.2, 0) is 13.2 Å². The van der Waals surface area contributed by atoms with Crippen LogP contribution in [0.3, 0.4) is 0 Å². The number of alkyl halides is 3. The zero-order valence-corrected chi connectivity index (χ0v) is 19.9. The van der Waals surface area contributed by atoms with Crippen LogP contribution in [0.2, 0.25) is 4.47 Å². The number of fused-ring (bicyclic) bond motifs is 1. The molecule has 1 aliphatic heterocycles. The van der Waals surface area contributed by atoms with E-state index in [0.29, 0.717) is 26.6 Å². The molecule has 4 aromatic rings. The van der Waals surface area contributed by atoms with Crippen LogP contribution in [0.5, 0.6) is 5.75 Å². The summed E-state index contributed by atoms with van der Waals surface area (Å²) < 4.78 is 44.2. The second kappa shape index (κ2) is 8.44. The van der Waals surface area contributed by atoms with Gasteiger partial charge < -0.3 is 5.11 Å². The van der Waals surface area contributed by atoms with Gasteiger partial charge in [0.2, 0.25) is 0 Å². The van der Waals surface area contributed by atoms with Crippen LogP contribution < -0.4 is 10.1 Å². The quantitative estimate of drug-likeness (QED) is 0.284. The maximum Gasteiger partial charge on any atom is 0.416 e. The standard InChI is InChI=1S/C23H15ClF3N3O2S2/c1-29-19(14-7-2-3-8-16(14)31)18(12-5-4-6-13(9-12)23(25,26)27)20(32)30-15(11-33-22(29)30)17-10-28-21(24)34-17/h2-10,15H,11H2,1H3/p+1/t15-/m1/s1. The van der Waals surface area contributed by atoms with Gasteiger partial charge in [0.25, 0.3) is 0 Å². The summed E-state index contributed by atoms with van der Waals surface area (Å²) in [5.74, 6) is 0.456. The molecule has 34 heavy (non-hydrogen) atoms. The van der Waals surface area contributed by atoms with E-state index < -0.39 is 17.3 Å². The number of aromatic hydroxyl groups is 1. The minimum atomic E-state index is -4.57. The van der Waals surface area contributed by atoms with E-state index in [0.717, 1.165) is 17.0 Å². The van der Waals surface area contributed by atoms with E-state index in [1.807, 2.05) is 0 Å². The van der Waals surface area contributed by atoms with Crippen molar-refractivity contribution in [3.8, 4) is 28.1 Å². The van der Waals surface area contributed by atoms with Gasteiger partial charge in [0.15, 0.2) is 16.2 Å². The van der Waals surface area contributed by atoms with Crippen LogP contribution in [0.4, 0.5) is 13.2 Å². The number of thiazole rings is 1. The summed E-state index contributed by atoms with van der Waals surface area (Å²) in [6.45, 7) is 0. The first-order chi connectivity index (χ1) is 16.2. The van der Waals surface area contributed by atoms with Gasteiger partial charge in [0.05, 0.1) is 28.8 Å². The van der Waals surface area contributed by atoms with Crippen molar-refractivity contribution in [1.29, 1.82) is 0 Å². The molecule has 11 heteroatoms. The van der Waals surface area contributed by atoms with Crippen molar-refractivity contribution >= 4 is 34.7 Å². The second-order valence-corrected chi connectivity index (χ2v) is 10.3. The van der Waals surface area contributed by atoms with E-state index in [2.05, 4.69) is 4.98 Å². The van der Waals surface area contributed by atoms with Crippen molar-refractivity contribution in [2.45, 2.75) is 17.4 Å². The molecule has 1 N–H and O–H groups in total. The van der Waals surface area contributed by atoms with E-state index >= 15 is 0 Å². The molecule has 2 aromatic carbocycles. The Labute approximate surface area is 205 Å². The monoisotopic (exact) mass is 522 g/mol. The van der Waals surface area contributed by atoms with E-state index in [-0.39, 0.29) is 22.9 Å². The van der Waals surface area contributed by atoms with Gasteiger partial charge in [-0.25, -0.2) is 14.3 Å². The lowest BCUT2D eigenvalue weighted by Gasteiger charge is -2.16. The van der Waals surface area contributed by atoms with Gasteiger partial charge in [-0.15, -0.1) is 11.3 Å². The highest BCUT2D eigenvalue weighted by Gasteiger charge is 2.40. The molecular weight excluding hydrogens is 507 g/mol. The highest BCUT2D eigenvalue weighted by molar-refractivity contribution is 7.99. The summed E-state index contributed by atoms with van der Waals surface area (Å²) in [5, 5.41) is 11.2. The van der Waals surface area contributed by atoms with Gasteiger partial charge in [0.1, 0.15) is 11.3 Å². The SMILES string of the molecule is C[n+]1c(-c2ccccc2O)c(-c2cccc(C(F)(F)F)c2)c(=O)n2c1SC[C@@H]2c1cnc(Cl)s1. The third-order valence-corrected chi connectivity index (χ3v) is 8.07. The Hall–Kier alpha value is -2.82. The number of benzene rings is 2. The normalized spacial score (nSPS) is 15.5. The number of para-hydroxylation sites is 1. The first-order valence-corrected chi connectivity index (χ1v) is 12.2. The van der Waals surface area contributed by atoms with E-state index in [1.165, 1.54) is 41.3 Å². The van der Waals surface area contributed by atoms with Crippen molar-refractivity contribution < 1.29 is 22.8 Å². The third kappa shape index (κ3) is 3.79. The molecule has 1 atom stereocenters. The fraction of sp³-hybridized carbons (Fsp3) is 0.174. The van der Waals surface area contributed by atoms with Gasteiger partial charge in [0, 0.05) is 6.20 Å². The molecule has 5 rings (SSSR count). The van der Waals surface area contributed by atoms with Gasteiger partial charge >= 0.3 is 16.9 Å². The molecule has 5 nitrogen and oxygen atoms in total. The Bertz CT molecular complexity index is 1480. The van der Waals surface area contributed by atoms with Gasteiger partial charge in [-0.3, -0.25) is 0 Å². The Kier molecular flexibility index (Phi) is 5.70. The number of nitrogens with zero attached hydrogens (tertiary/aromatic N) is 3. The first-order valence-electron chi connectivity index (χ1n) is 10.1. The smallest absolute Gasteiger partial charge is 0.416 e. The third-order valence-electron chi connectivity index (χ3n) is 5.64. The van der Waals surface area contributed by atoms with Crippen LogP contribution in [0.15, 0.2) is 64.7 Å². The molecule has 3 heterocycles. The molecule has 2 aromatic heterocycles. The molecule has 1 aliphatic rings. The number of thioether (sulfide) groups is 1. The Morgan fingerprint density at radius 1 is 1.21 bits per heavy atom. The lowest BCUT2D eigenvalue weighted by Crippen LogP contribution is -2.43. The van der Waals surface area contributed by atoms with Crippen LogP contribution in [0, 0.1) is 0 Å². The average molecular weight is 523 g/mol. The number of aromatic nitrogens is 3. The second-order valence-electron chi connectivity index (χ2n) is 7.68. The molecular formula is C23H16ClF3N3O2S2+. The molecule has 0 radical (unpaired) electrons. The van der Waals surface area contributed by atoms with Crippen molar-refractivity contribution in [3.63, 3.8) is 0 Å². The number of rotatable bonds is 3. The summed E-state index contributed by atoms with van der Waals surface area (Å²) in [6, 6.07) is 10.8. The van der Waals surface area contributed by atoms with Gasteiger partial charge in [-0.1, -0.05) is 35.9 Å². The minimum Gasteiger partial charge on any atom is -0.507 e. The Morgan fingerprint density at radius 3 is 2.65 bits per heavy atom. The maximum atomic E-state index is 14.0. The molecule has 0 fully saturated rings. The Morgan fingerprint density at radius 2 is 1.97 bits per heavy atom. The van der Waals surface area contributed by atoms with Crippen molar-refractivity contribution in [3.05, 3.63) is 80.0 Å². The molecule has 0 spiro atoms. The van der Waals surface area contributed by atoms with Crippen LogP contribution in [0.1, 0.15) is 16.5 Å². The average Bonchev–Trinajstić information content (AvgIpc) is 3.43. The summed E-state index contributed by atoms with van der Waals surface area (Å²) in [6.07, 6.45) is -2.96. The summed E-state index contributed by atoms with van der Waals surface area (Å²) in [4.78, 5) is 18.9. The van der Waals surface area contributed by atoms with Crippen molar-refractivity contribution in [2.24, 2.45) is 7.05 Å². The Balaban J connectivity index is 1.85. The first kappa shape index (κ1) is 22.9. The number of phenolic OH excluding ortho intramolecular Hbond substituents is 1. The minimum absolute atomic E-state index is 0.0713. The van der Waals surface area contributed by atoms with E-state index in [1.54, 1.807) is 40.6 Å². The number of hydrogen-bond acceptors (Lipinski definition) is 5. The highest BCUT2D eigenvalue weighted by Crippen LogP contribution is 2.41. The number of phenols is 1.